The molecule has 0 fully saturated rings. The molecule has 0 aliphatic heterocycles. The molecular formula is C12H16O3. The maximum absolute atomic E-state index is 11.2. The number of hydrogen-bond acceptors (Lipinski definition) is 3. The third-order valence-electron chi connectivity index (χ3n) is 2.37. The van der Waals surface area contributed by atoms with Gasteiger partial charge in [0, 0.05) is 12.8 Å². The molecule has 0 saturated heterocycles. The van der Waals surface area contributed by atoms with Gasteiger partial charge in [-0.3, -0.25) is 9.59 Å². The van der Waals surface area contributed by atoms with Gasteiger partial charge >= 0.3 is 5.97 Å². The summed E-state index contributed by atoms with van der Waals surface area (Å²) in [6, 6.07) is 0. The molecule has 0 N–H and O–H groups in total. The van der Waals surface area contributed by atoms with Crippen LogP contribution in [-0.2, 0) is 14.3 Å². The number of carbonyl (C=O) groups excluding carboxylic acids is 2. The summed E-state index contributed by atoms with van der Waals surface area (Å²) in [5.41, 5.74) is 0.907. The minimum atomic E-state index is -0.198. The van der Waals surface area contributed by atoms with E-state index in [0.29, 0.717) is 25.7 Å². The molecule has 0 bridgehead atoms. The summed E-state index contributed by atoms with van der Waals surface area (Å²) in [6.45, 7) is 0. The normalized spacial score (nSPS) is 15.8. The van der Waals surface area contributed by atoms with E-state index in [0.717, 1.165) is 12.0 Å². The zero-order chi connectivity index (χ0) is 11.1. The van der Waals surface area contributed by atoms with Crippen molar-refractivity contribution in [2.75, 3.05) is 7.11 Å². The molecule has 1 aliphatic rings. The van der Waals surface area contributed by atoms with Crippen LogP contribution in [0.5, 0.6) is 0 Å². The Kier molecular flexibility index (Phi) is 4.81. The van der Waals surface area contributed by atoms with Crippen LogP contribution in [0, 0.1) is 0 Å². The molecule has 0 saturated carbocycles. The lowest BCUT2D eigenvalue weighted by molar-refractivity contribution is -0.140. The number of ether oxygens (including phenoxy) is 1. The van der Waals surface area contributed by atoms with E-state index in [2.05, 4.69) is 4.74 Å². The molecule has 0 amide bonds. The van der Waals surface area contributed by atoms with E-state index in [1.165, 1.54) is 7.11 Å². The fraction of sp³-hybridized carbons (Fsp3) is 0.500. The van der Waals surface area contributed by atoms with Gasteiger partial charge in [-0.25, -0.2) is 0 Å². The molecule has 82 valence electrons. The Balaban J connectivity index is 2.17. The van der Waals surface area contributed by atoms with Gasteiger partial charge in [0.2, 0.25) is 0 Å². The molecule has 0 aromatic heterocycles. The number of ketones is 1. The Bertz CT molecular complexity index is 300. The first-order valence-corrected chi connectivity index (χ1v) is 5.18. The van der Waals surface area contributed by atoms with Crippen LogP contribution in [0.25, 0.3) is 0 Å². The molecule has 1 aliphatic carbocycles. The van der Waals surface area contributed by atoms with Crippen molar-refractivity contribution in [2.24, 2.45) is 0 Å². The van der Waals surface area contributed by atoms with Gasteiger partial charge in [-0.15, -0.1) is 0 Å². The van der Waals surface area contributed by atoms with Gasteiger partial charge in [0.15, 0.2) is 5.78 Å². The van der Waals surface area contributed by atoms with Crippen LogP contribution in [0.3, 0.4) is 0 Å². The maximum atomic E-state index is 11.2. The third kappa shape index (κ3) is 4.11. The molecule has 3 heteroatoms. The van der Waals surface area contributed by atoms with E-state index >= 15 is 0 Å². The number of carbonyl (C=O) groups is 2. The fourth-order valence-electron chi connectivity index (χ4n) is 1.48. The average Bonchev–Trinajstić information content (AvgIpc) is 2.63. The SMILES string of the molecule is COC(=O)CC/C=C/CC1=CCCC1=O. The molecule has 0 radical (unpaired) electrons. The number of allylic oxidation sites excluding steroid dienone is 4. The van der Waals surface area contributed by atoms with Gasteiger partial charge in [0.25, 0.3) is 0 Å². The highest BCUT2D eigenvalue weighted by Gasteiger charge is 2.12. The summed E-state index contributed by atoms with van der Waals surface area (Å²) in [7, 11) is 1.38. The Morgan fingerprint density at radius 2 is 2.33 bits per heavy atom. The van der Waals surface area contributed by atoms with Crippen LogP contribution >= 0.6 is 0 Å². The average molecular weight is 208 g/mol. The molecule has 0 spiro atoms. The molecular weight excluding hydrogens is 192 g/mol. The second-order valence-corrected chi connectivity index (χ2v) is 3.48. The largest absolute Gasteiger partial charge is 0.469 e. The molecule has 1 rings (SSSR count). The molecule has 3 nitrogen and oxygen atoms in total. The van der Waals surface area contributed by atoms with Gasteiger partial charge in [-0.1, -0.05) is 18.2 Å². The summed E-state index contributed by atoms with van der Waals surface area (Å²) >= 11 is 0. The van der Waals surface area contributed by atoms with Crippen molar-refractivity contribution in [3.63, 3.8) is 0 Å². The van der Waals surface area contributed by atoms with Crippen molar-refractivity contribution >= 4 is 11.8 Å². The van der Waals surface area contributed by atoms with Gasteiger partial charge in [-0.05, 0) is 24.8 Å². The Hall–Kier alpha value is -1.38. The predicted octanol–water partition coefficient (Wildman–Crippen LogP) is 2.18. The highest BCUT2D eigenvalue weighted by atomic mass is 16.5. The van der Waals surface area contributed by atoms with Crippen LogP contribution in [-0.4, -0.2) is 18.9 Å². The number of Topliss-reactive ketones (excluding diaryl/α,β-unsaturated/α-hetero) is 1. The zero-order valence-corrected chi connectivity index (χ0v) is 8.99. The standard InChI is InChI=1S/C12H16O3/c1-15-12(14)9-4-2-3-6-10-7-5-8-11(10)13/h2-3,7H,4-6,8-9H2,1H3/b3-2+. The highest BCUT2D eigenvalue weighted by Crippen LogP contribution is 2.17. The first kappa shape index (κ1) is 11.7. The molecule has 0 aromatic rings. The summed E-state index contributed by atoms with van der Waals surface area (Å²) < 4.78 is 4.51. The first-order chi connectivity index (χ1) is 7.24. The van der Waals surface area contributed by atoms with Crippen molar-refractivity contribution < 1.29 is 14.3 Å². The van der Waals surface area contributed by atoms with E-state index in [1.807, 2.05) is 18.2 Å². The maximum Gasteiger partial charge on any atom is 0.305 e. The van der Waals surface area contributed by atoms with Crippen LogP contribution < -0.4 is 0 Å². The van der Waals surface area contributed by atoms with Crippen molar-refractivity contribution in [1.29, 1.82) is 0 Å². The molecule has 0 atom stereocenters. The van der Waals surface area contributed by atoms with Gasteiger partial charge in [0.1, 0.15) is 0 Å². The predicted molar refractivity (Wildman–Crippen MR) is 57.3 cm³/mol. The lowest BCUT2D eigenvalue weighted by Crippen LogP contribution is -1.98. The van der Waals surface area contributed by atoms with Crippen molar-refractivity contribution in [3.05, 3.63) is 23.8 Å². The van der Waals surface area contributed by atoms with E-state index in [1.54, 1.807) is 0 Å². The molecule has 15 heavy (non-hydrogen) atoms. The van der Waals surface area contributed by atoms with Gasteiger partial charge < -0.3 is 4.74 Å². The topological polar surface area (TPSA) is 43.4 Å². The number of methoxy groups -OCH3 is 1. The van der Waals surface area contributed by atoms with E-state index in [-0.39, 0.29) is 11.8 Å². The van der Waals surface area contributed by atoms with Crippen LogP contribution in [0.4, 0.5) is 0 Å². The first-order valence-electron chi connectivity index (χ1n) is 5.18. The highest BCUT2D eigenvalue weighted by molar-refractivity contribution is 5.97. The summed E-state index contributed by atoms with van der Waals surface area (Å²) in [5.74, 6) is 0.0587. The fourth-order valence-corrected chi connectivity index (χ4v) is 1.48. The Morgan fingerprint density at radius 1 is 1.53 bits per heavy atom. The van der Waals surface area contributed by atoms with Crippen LogP contribution in [0.1, 0.15) is 32.1 Å². The number of rotatable bonds is 5. The minimum Gasteiger partial charge on any atom is -0.469 e. The molecule has 0 heterocycles. The van der Waals surface area contributed by atoms with E-state index < -0.39 is 0 Å². The van der Waals surface area contributed by atoms with Crippen LogP contribution in [0.2, 0.25) is 0 Å². The van der Waals surface area contributed by atoms with E-state index in [9.17, 15) is 9.59 Å². The molecule has 0 unspecified atom stereocenters. The number of hydrogen-bond donors (Lipinski definition) is 0. The Morgan fingerprint density at radius 3 is 2.93 bits per heavy atom. The zero-order valence-electron chi connectivity index (χ0n) is 8.99. The smallest absolute Gasteiger partial charge is 0.305 e. The van der Waals surface area contributed by atoms with Gasteiger partial charge in [-0.2, -0.15) is 0 Å². The van der Waals surface area contributed by atoms with E-state index in [4.69, 9.17) is 0 Å². The lowest BCUT2D eigenvalue weighted by Gasteiger charge is -1.95. The summed E-state index contributed by atoms with van der Waals surface area (Å²) in [5, 5.41) is 0. The third-order valence-corrected chi connectivity index (χ3v) is 2.37. The van der Waals surface area contributed by atoms with Crippen molar-refractivity contribution in [1.82, 2.24) is 0 Å². The summed E-state index contributed by atoms with van der Waals surface area (Å²) in [6.07, 6.45) is 9.16. The number of esters is 1. The van der Waals surface area contributed by atoms with Crippen molar-refractivity contribution in [3.8, 4) is 0 Å². The monoisotopic (exact) mass is 208 g/mol. The van der Waals surface area contributed by atoms with Crippen LogP contribution in [0.15, 0.2) is 23.8 Å². The minimum absolute atomic E-state index is 0.198. The second kappa shape index (κ2) is 6.17. The van der Waals surface area contributed by atoms with Crippen molar-refractivity contribution in [2.45, 2.75) is 32.1 Å². The summed E-state index contributed by atoms with van der Waals surface area (Å²) in [4.78, 5) is 22.0. The quantitative estimate of drug-likeness (QED) is 0.513. The lowest BCUT2D eigenvalue weighted by atomic mass is 10.1. The van der Waals surface area contributed by atoms with Gasteiger partial charge in [0.05, 0.1) is 7.11 Å². The second-order valence-electron chi connectivity index (χ2n) is 3.48. The molecule has 0 aromatic carbocycles. The Labute approximate surface area is 89.8 Å².